The van der Waals surface area contributed by atoms with Gasteiger partial charge in [-0.15, -0.1) is 0 Å². The molecule has 1 saturated heterocycles. The van der Waals surface area contributed by atoms with Crippen LogP contribution in [0.25, 0.3) is 0 Å². The number of piperidine rings is 1. The summed E-state index contributed by atoms with van der Waals surface area (Å²) in [6, 6.07) is 0.338. The molecule has 2 amide bonds. The Morgan fingerprint density at radius 2 is 1.66 bits per heavy atom. The van der Waals surface area contributed by atoms with Crippen LogP contribution in [0, 0.1) is 19.8 Å². The third kappa shape index (κ3) is 4.62. The molecule has 2 heterocycles. The number of aromatic nitrogens is 2. The van der Waals surface area contributed by atoms with E-state index in [-0.39, 0.29) is 17.7 Å². The molecule has 2 aliphatic carbocycles. The Morgan fingerprint density at radius 3 is 2.28 bits per heavy atom. The highest BCUT2D eigenvalue weighted by Crippen LogP contribution is 2.32. The van der Waals surface area contributed by atoms with E-state index in [9.17, 15) is 9.59 Å². The van der Waals surface area contributed by atoms with Crippen molar-refractivity contribution >= 4 is 11.8 Å². The van der Waals surface area contributed by atoms with E-state index >= 15 is 0 Å². The van der Waals surface area contributed by atoms with Gasteiger partial charge in [0.15, 0.2) is 0 Å². The highest BCUT2D eigenvalue weighted by molar-refractivity contribution is 5.80. The molecule has 6 heteroatoms. The van der Waals surface area contributed by atoms with Crippen LogP contribution in [0.5, 0.6) is 0 Å². The molecular weight excluding hydrogens is 364 g/mol. The first-order valence-corrected chi connectivity index (χ1v) is 11.4. The van der Waals surface area contributed by atoms with Gasteiger partial charge in [-0.3, -0.25) is 9.59 Å². The fourth-order valence-corrected chi connectivity index (χ4v) is 5.01. The molecule has 0 bridgehead atoms. The molecule has 2 saturated carbocycles. The average Bonchev–Trinajstić information content (AvgIpc) is 3.16. The number of rotatable bonds is 5. The summed E-state index contributed by atoms with van der Waals surface area (Å²) in [6.45, 7) is 5.56. The van der Waals surface area contributed by atoms with Crippen LogP contribution in [0.15, 0.2) is 0 Å². The molecule has 1 aromatic rings. The van der Waals surface area contributed by atoms with Gasteiger partial charge in [-0.1, -0.05) is 19.3 Å². The Kier molecular flexibility index (Phi) is 6.16. The van der Waals surface area contributed by atoms with Crippen molar-refractivity contribution in [1.82, 2.24) is 20.2 Å². The summed E-state index contributed by atoms with van der Waals surface area (Å²) in [5.74, 6) is 1.69. The fraction of sp³-hybridized carbons (Fsp3) is 0.739. The number of hydrogen-bond donors (Lipinski definition) is 1. The van der Waals surface area contributed by atoms with Gasteiger partial charge in [-0.05, 0) is 52.4 Å². The monoisotopic (exact) mass is 398 g/mol. The number of carbonyl (C=O) groups excluding carboxylic acids is 2. The zero-order chi connectivity index (χ0) is 20.4. The van der Waals surface area contributed by atoms with Crippen LogP contribution in [0.1, 0.15) is 86.5 Å². The van der Waals surface area contributed by atoms with Crippen LogP contribution in [0.4, 0.5) is 0 Å². The predicted octanol–water partition coefficient (Wildman–Crippen LogP) is 3.20. The highest BCUT2D eigenvalue weighted by Gasteiger charge is 2.33. The molecule has 1 unspecified atom stereocenters. The van der Waals surface area contributed by atoms with Gasteiger partial charge >= 0.3 is 0 Å². The lowest BCUT2D eigenvalue weighted by atomic mass is 9.83. The van der Waals surface area contributed by atoms with Gasteiger partial charge in [-0.2, -0.15) is 0 Å². The van der Waals surface area contributed by atoms with Gasteiger partial charge in [0.05, 0.1) is 6.42 Å². The lowest BCUT2D eigenvalue weighted by Gasteiger charge is -2.37. The number of nitrogens with zero attached hydrogens (tertiary/aromatic N) is 3. The zero-order valence-electron chi connectivity index (χ0n) is 17.9. The standard InChI is InChI=1S/C23H34N4O2/c1-15-20(13-21(28)26-19-10-3-4-11-19)16(2)25-22(24-15)18-9-6-12-27(14-18)23(29)17-7-5-8-17/h17-19H,3-14H2,1-2H3,(H,26,28). The topological polar surface area (TPSA) is 75.2 Å². The Hall–Kier alpha value is -1.98. The fourth-order valence-electron chi connectivity index (χ4n) is 5.01. The molecule has 0 spiro atoms. The largest absolute Gasteiger partial charge is 0.353 e. The second-order valence-corrected chi connectivity index (χ2v) is 9.21. The first-order valence-electron chi connectivity index (χ1n) is 11.4. The number of amides is 2. The number of hydrogen-bond acceptors (Lipinski definition) is 4. The van der Waals surface area contributed by atoms with E-state index in [1.807, 2.05) is 18.7 Å². The van der Waals surface area contributed by atoms with Crippen molar-refractivity contribution in [3.05, 3.63) is 22.8 Å². The van der Waals surface area contributed by atoms with Gasteiger partial charge in [0.1, 0.15) is 5.82 Å². The summed E-state index contributed by atoms with van der Waals surface area (Å²) in [4.78, 5) is 36.7. The summed E-state index contributed by atoms with van der Waals surface area (Å²) < 4.78 is 0. The van der Waals surface area contributed by atoms with Crippen LogP contribution < -0.4 is 5.32 Å². The SMILES string of the molecule is Cc1nc(C2CCCN(C(=O)C3CCC3)C2)nc(C)c1CC(=O)NC1CCCC1. The minimum Gasteiger partial charge on any atom is -0.353 e. The van der Waals surface area contributed by atoms with E-state index in [0.29, 0.717) is 18.4 Å². The molecule has 1 N–H and O–H groups in total. The van der Waals surface area contributed by atoms with Crippen LogP contribution in [0.2, 0.25) is 0 Å². The van der Waals surface area contributed by atoms with E-state index in [4.69, 9.17) is 9.97 Å². The van der Waals surface area contributed by atoms with E-state index in [1.54, 1.807) is 0 Å². The predicted molar refractivity (Wildman–Crippen MR) is 112 cm³/mol. The van der Waals surface area contributed by atoms with Crippen molar-refractivity contribution in [2.45, 2.75) is 90.0 Å². The molecule has 158 valence electrons. The molecule has 3 fully saturated rings. The number of carbonyl (C=O) groups is 2. The molecule has 0 radical (unpaired) electrons. The molecule has 4 rings (SSSR count). The maximum atomic E-state index is 12.6. The summed E-state index contributed by atoms with van der Waals surface area (Å²) in [7, 11) is 0. The minimum absolute atomic E-state index is 0.0781. The molecule has 1 atom stereocenters. The zero-order valence-corrected chi connectivity index (χ0v) is 17.9. The molecule has 1 aliphatic heterocycles. The van der Waals surface area contributed by atoms with Crippen molar-refractivity contribution < 1.29 is 9.59 Å². The van der Waals surface area contributed by atoms with Crippen molar-refractivity contribution in [2.75, 3.05) is 13.1 Å². The maximum Gasteiger partial charge on any atom is 0.225 e. The average molecular weight is 399 g/mol. The van der Waals surface area contributed by atoms with E-state index < -0.39 is 0 Å². The highest BCUT2D eigenvalue weighted by atomic mass is 16.2. The lowest BCUT2D eigenvalue weighted by molar-refractivity contribution is -0.139. The number of nitrogens with one attached hydrogen (secondary N) is 1. The van der Waals surface area contributed by atoms with Crippen LogP contribution >= 0.6 is 0 Å². The third-order valence-corrected chi connectivity index (χ3v) is 7.05. The van der Waals surface area contributed by atoms with Gasteiger partial charge in [0.2, 0.25) is 11.8 Å². The van der Waals surface area contributed by atoms with Gasteiger partial charge in [0.25, 0.3) is 0 Å². The summed E-state index contributed by atoms with van der Waals surface area (Å²) in [5.41, 5.74) is 2.75. The Morgan fingerprint density at radius 1 is 0.966 bits per heavy atom. The van der Waals surface area contributed by atoms with Crippen molar-refractivity contribution in [2.24, 2.45) is 5.92 Å². The quantitative estimate of drug-likeness (QED) is 0.826. The Bertz CT molecular complexity index is 745. The van der Waals surface area contributed by atoms with Gasteiger partial charge in [-0.25, -0.2) is 9.97 Å². The van der Waals surface area contributed by atoms with Crippen molar-refractivity contribution in [3.63, 3.8) is 0 Å². The van der Waals surface area contributed by atoms with Gasteiger partial charge < -0.3 is 10.2 Å². The molecule has 3 aliphatic rings. The second kappa shape index (κ2) is 8.80. The molecular formula is C23H34N4O2. The summed E-state index contributed by atoms with van der Waals surface area (Å²) in [5, 5.41) is 3.16. The van der Waals surface area contributed by atoms with Crippen LogP contribution in [-0.4, -0.2) is 45.8 Å². The van der Waals surface area contributed by atoms with Crippen molar-refractivity contribution in [3.8, 4) is 0 Å². The molecule has 6 nitrogen and oxygen atoms in total. The first-order chi connectivity index (χ1) is 14.0. The summed E-state index contributed by atoms with van der Waals surface area (Å²) in [6.07, 6.45) is 10.3. The van der Waals surface area contributed by atoms with Gasteiger partial charge in [0, 0.05) is 47.9 Å². The molecule has 1 aromatic heterocycles. The normalized spacial score (nSPS) is 23.1. The van der Waals surface area contributed by atoms with E-state index in [1.165, 1.54) is 19.3 Å². The summed E-state index contributed by atoms with van der Waals surface area (Å²) >= 11 is 0. The Labute approximate surface area is 173 Å². The number of likely N-dealkylation sites (tertiary alicyclic amines) is 1. The maximum absolute atomic E-state index is 12.6. The molecule has 0 aromatic carbocycles. The number of aryl methyl sites for hydroxylation is 2. The van der Waals surface area contributed by atoms with Crippen molar-refractivity contribution in [1.29, 1.82) is 0 Å². The Balaban J connectivity index is 1.41. The third-order valence-electron chi connectivity index (χ3n) is 7.05. The smallest absolute Gasteiger partial charge is 0.225 e. The lowest BCUT2D eigenvalue weighted by Crippen LogP contribution is -2.44. The van der Waals surface area contributed by atoms with E-state index in [2.05, 4.69) is 5.32 Å². The van der Waals surface area contributed by atoms with Crippen LogP contribution in [0.3, 0.4) is 0 Å². The second-order valence-electron chi connectivity index (χ2n) is 9.21. The minimum atomic E-state index is 0.0781. The molecule has 29 heavy (non-hydrogen) atoms. The van der Waals surface area contributed by atoms with Crippen LogP contribution in [-0.2, 0) is 16.0 Å². The van der Waals surface area contributed by atoms with E-state index in [0.717, 1.165) is 74.4 Å². The first kappa shape index (κ1) is 20.3.